The summed E-state index contributed by atoms with van der Waals surface area (Å²) < 4.78 is 0. The highest BCUT2D eigenvalue weighted by molar-refractivity contribution is 7.81. The van der Waals surface area contributed by atoms with Crippen molar-refractivity contribution in [1.82, 2.24) is 16.0 Å². The molecule has 0 radical (unpaired) electrons. The number of carbonyl (C=O) groups is 2. The number of hydrogen-bond donors (Lipinski definition) is 4. The third-order valence-corrected chi connectivity index (χ3v) is 2.77. The molecule has 0 saturated heterocycles. The normalized spacial score (nSPS) is 10.1. The molecule has 0 aliphatic heterocycles. The van der Waals surface area contributed by atoms with Crippen LogP contribution in [-0.4, -0.2) is 44.2 Å². The minimum absolute atomic E-state index is 0.00872. The third-order valence-electron chi connectivity index (χ3n) is 2.48. The van der Waals surface area contributed by atoms with Crippen LogP contribution in [0.4, 0.5) is 0 Å². The van der Waals surface area contributed by atoms with E-state index < -0.39 is 0 Å². The number of nitrogens with one attached hydrogen (secondary N) is 3. The number of carbonyl (C=O) groups excluding carboxylic acids is 2. The van der Waals surface area contributed by atoms with E-state index in [1.165, 1.54) is 0 Å². The van der Waals surface area contributed by atoms with Crippen molar-refractivity contribution in [3.63, 3.8) is 0 Å². The van der Waals surface area contributed by atoms with Gasteiger partial charge < -0.3 is 16.0 Å². The maximum absolute atomic E-state index is 11.1. The molecule has 0 aromatic heterocycles. The SMILES string of the molecule is CNCC(=O)NCCCCCCCNC(=O)CS. The van der Waals surface area contributed by atoms with Gasteiger partial charge in [-0.15, -0.1) is 0 Å². The molecule has 0 aliphatic carbocycles. The standard InChI is InChI=1S/C12H25N3O2S/c1-13-9-11(16)14-7-5-3-2-4-6-8-15-12(17)10-18/h13,18H,2-10H2,1H3,(H,14,16)(H,15,17). The van der Waals surface area contributed by atoms with Gasteiger partial charge in [-0.25, -0.2) is 0 Å². The maximum atomic E-state index is 11.1. The summed E-state index contributed by atoms with van der Waals surface area (Å²) in [5.74, 6) is 0.296. The van der Waals surface area contributed by atoms with Gasteiger partial charge in [-0.3, -0.25) is 9.59 Å². The molecule has 5 nitrogen and oxygen atoms in total. The van der Waals surface area contributed by atoms with Crippen LogP contribution >= 0.6 is 12.6 Å². The van der Waals surface area contributed by atoms with Crippen molar-refractivity contribution >= 4 is 24.4 Å². The molecule has 3 N–H and O–H groups in total. The van der Waals surface area contributed by atoms with Crippen LogP contribution in [0.3, 0.4) is 0 Å². The summed E-state index contributed by atoms with van der Waals surface area (Å²) in [4.78, 5) is 22.0. The fraction of sp³-hybridized carbons (Fsp3) is 0.833. The number of thiol groups is 1. The summed E-state index contributed by atoms with van der Waals surface area (Å²) in [6, 6.07) is 0. The van der Waals surface area contributed by atoms with Gasteiger partial charge in [0.05, 0.1) is 12.3 Å². The van der Waals surface area contributed by atoms with Crippen LogP contribution in [0.5, 0.6) is 0 Å². The molecule has 0 fully saturated rings. The fourth-order valence-electron chi connectivity index (χ4n) is 1.51. The van der Waals surface area contributed by atoms with Gasteiger partial charge in [0.15, 0.2) is 0 Å². The molecule has 0 saturated carbocycles. The van der Waals surface area contributed by atoms with Gasteiger partial charge in [0.25, 0.3) is 0 Å². The van der Waals surface area contributed by atoms with Crippen molar-refractivity contribution in [2.24, 2.45) is 0 Å². The van der Waals surface area contributed by atoms with E-state index in [2.05, 4.69) is 28.6 Å². The lowest BCUT2D eigenvalue weighted by atomic mass is 10.1. The van der Waals surface area contributed by atoms with Crippen LogP contribution < -0.4 is 16.0 Å². The van der Waals surface area contributed by atoms with E-state index in [0.29, 0.717) is 6.54 Å². The Morgan fingerprint density at radius 1 is 0.889 bits per heavy atom. The monoisotopic (exact) mass is 275 g/mol. The number of unbranched alkanes of at least 4 members (excludes halogenated alkanes) is 4. The van der Waals surface area contributed by atoms with E-state index in [4.69, 9.17) is 0 Å². The minimum atomic E-state index is -0.00872. The van der Waals surface area contributed by atoms with E-state index in [1.807, 2.05) is 0 Å². The van der Waals surface area contributed by atoms with E-state index >= 15 is 0 Å². The lowest BCUT2D eigenvalue weighted by Gasteiger charge is -2.05. The second kappa shape index (κ2) is 12.7. The summed E-state index contributed by atoms with van der Waals surface area (Å²) in [7, 11) is 1.76. The molecule has 6 heteroatoms. The Bertz CT molecular complexity index is 237. The van der Waals surface area contributed by atoms with Crippen LogP contribution in [0.2, 0.25) is 0 Å². The zero-order valence-corrected chi connectivity index (χ0v) is 12.0. The fourth-order valence-corrected chi connectivity index (χ4v) is 1.63. The van der Waals surface area contributed by atoms with Crippen molar-refractivity contribution in [3.8, 4) is 0 Å². The molecule has 18 heavy (non-hydrogen) atoms. The zero-order valence-electron chi connectivity index (χ0n) is 11.1. The van der Waals surface area contributed by atoms with Crippen molar-refractivity contribution in [2.75, 3.05) is 32.4 Å². The van der Waals surface area contributed by atoms with Gasteiger partial charge in [0.1, 0.15) is 0 Å². The third kappa shape index (κ3) is 11.7. The first-order chi connectivity index (χ1) is 8.70. The molecular weight excluding hydrogens is 250 g/mol. The molecule has 0 spiro atoms. The first-order valence-corrected chi connectivity index (χ1v) is 7.12. The predicted octanol–water partition coefficient (Wildman–Crippen LogP) is 0.318. The lowest BCUT2D eigenvalue weighted by Crippen LogP contribution is -2.32. The average Bonchev–Trinajstić information content (AvgIpc) is 2.36. The maximum Gasteiger partial charge on any atom is 0.233 e. The molecule has 2 amide bonds. The Hall–Kier alpha value is -0.750. The first-order valence-electron chi connectivity index (χ1n) is 6.49. The van der Waals surface area contributed by atoms with E-state index in [1.54, 1.807) is 7.05 Å². The molecular formula is C12H25N3O2S. The summed E-state index contributed by atoms with van der Waals surface area (Å²) in [5.41, 5.74) is 0. The number of rotatable bonds is 11. The van der Waals surface area contributed by atoms with E-state index in [0.717, 1.165) is 45.2 Å². The van der Waals surface area contributed by atoms with Gasteiger partial charge in [-0.05, 0) is 19.9 Å². The summed E-state index contributed by atoms with van der Waals surface area (Å²) >= 11 is 3.88. The molecule has 0 unspecified atom stereocenters. The Morgan fingerprint density at radius 3 is 1.89 bits per heavy atom. The molecule has 0 rings (SSSR count). The molecule has 0 aromatic carbocycles. The van der Waals surface area contributed by atoms with Crippen LogP contribution in [-0.2, 0) is 9.59 Å². The number of likely N-dealkylation sites (N-methyl/N-ethyl adjacent to an activating group) is 1. The van der Waals surface area contributed by atoms with Gasteiger partial charge in [-0.2, -0.15) is 12.6 Å². The summed E-state index contributed by atoms with van der Waals surface area (Å²) in [5, 5.41) is 8.43. The molecule has 0 heterocycles. The Labute approximate surface area is 115 Å². The van der Waals surface area contributed by atoms with Crippen LogP contribution in [0.15, 0.2) is 0 Å². The highest BCUT2D eigenvalue weighted by atomic mass is 32.1. The Kier molecular flexibility index (Phi) is 12.2. The number of hydrogen-bond acceptors (Lipinski definition) is 4. The Balaban J connectivity index is 3.12. The zero-order chi connectivity index (χ0) is 13.6. The first kappa shape index (κ1) is 17.2. The highest BCUT2D eigenvalue weighted by Crippen LogP contribution is 2.01. The molecule has 106 valence electrons. The molecule has 0 aliphatic rings. The van der Waals surface area contributed by atoms with Crippen LogP contribution in [0, 0.1) is 0 Å². The van der Waals surface area contributed by atoms with Gasteiger partial charge in [0, 0.05) is 13.1 Å². The number of amides is 2. The summed E-state index contributed by atoms with van der Waals surface area (Å²) in [6.07, 6.45) is 5.38. The smallest absolute Gasteiger partial charge is 0.233 e. The van der Waals surface area contributed by atoms with Crippen LogP contribution in [0.1, 0.15) is 32.1 Å². The quantitative estimate of drug-likeness (QED) is 0.324. The predicted molar refractivity (Wildman–Crippen MR) is 76.9 cm³/mol. The van der Waals surface area contributed by atoms with Gasteiger partial charge in [-0.1, -0.05) is 19.3 Å². The highest BCUT2D eigenvalue weighted by Gasteiger charge is 1.98. The second-order valence-electron chi connectivity index (χ2n) is 4.16. The van der Waals surface area contributed by atoms with Gasteiger partial charge in [0.2, 0.25) is 11.8 Å². The van der Waals surface area contributed by atoms with Crippen molar-refractivity contribution in [3.05, 3.63) is 0 Å². The minimum Gasteiger partial charge on any atom is -0.355 e. The van der Waals surface area contributed by atoms with Crippen molar-refractivity contribution < 1.29 is 9.59 Å². The molecule has 0 aromatic rings. The van der Waals surface area contributed by atoms with Gasteiger partial charge >= 0.3 is 0 Å². The van der Waals surface area contributed by atoms with Crippen molar-refractivity contribution in [2.45, 2.75) is 32.1 Å². The van der Waals surface area contributed by atoms with E-state index in [-0.39, 0.29) is 17.6 Å². The summed E-state index contributed by atoms with van der Waals surface area (Å²) in [6.45, 7) is 1.86. The largest absolute Gasteiger partial charge is 0.355 e. The van der Waals surface area contributed by atoms with E-state index in [9.17, 15) is 9.59 Å². The lowest BCUT2D eigenvalue weighted by molar-refractivity contribution is -0.120. The molecule has 0 atom stereocenters. The van der Waals surface area contributed by atoms with Crippen molar-refractivity contribution in [1.29, 1.82) is 0 Å². The average molecular weight is 275 g/mol. The topological polar surface area (TPSA) is 70.2 Å². The second-order valence-corrected chi connectivity index (χ2v) is 4.47. The van der Waals surface area contributed by atoms with Crippen LogP contribution in [0.25, 0.3) is 0 Å². The molecule has 0 bridgehead atoms. The Morgan fingerprint density at radius 2 is 1.39 bits per heavy atom.